The molecular weight excluding hydrogens is 420 g/mol. The Morgan fingerprint density at radius 2 is 2.15 bits per heavy atom. The fraction of sp³-hybridized carbons (Fsp3) is 0.500. The summed E-state index contributed by atoms with van der Waals surface area (Å²) in [5.41, 5.74) is 6.88. The minimum Gasteiger partial charge on any atom is -0.361 e. The summed E-state index contributed by atoms with van der Waals surface area (Å²) < 4.78 is 5.27. The molecule has 2 aromatic heterocycles. The lowest BCUT2D eigenvalue weighted by Gasteiger charge is -2.34. The minimum absolute atomic E-state index is 0.0159. The van der Waals surface area contributed by atoms with Crippen LogP contribution in [0.2, 0.25) is 0 Å². The highest BCUT2D eigenvalue weighted by molar-refractivity contribution is 5.92. The number of aromatic nitrogens is 3. The Hall–Kier alpha value is -3.20. The summed E-state index contributed by atoms with van der Waals surface area (Å²) in [5, 5.41) is 8.05. The van der Waals surface area contributed by atoms with Gasteiger partial charge in [-0.05, 0) is 38.3 Å². The summed E-state index contributed by atoms with van der Waals surface area (Å²) in [5.74, 6) is 0.775. The van der Waals surface area contributed by atoms with E-state index < -0.39 is 11.6 Å². The van der Waals surface area contributed by atoms with Crippen LogP contribution in [0.25, 0.3) is 10.9 Å². The second-order valence-corrected chi connectivity index (χ2v) is 9.33. The molecule has 0 saturated carbocycles. The van der Waals surface area contributed by atoms with Crippen LogP contribution in [0.5, 0.6) is 0 Å². The molecule has 176 valence electrons. The van der Waals surface area contributed by atoms with Crippen LogP contribution in [0, 0.1) is 0 Å². The average molecular weight is 453 g/mol. The number of aromatic amines is 1. The highest BCUT2D eigenvalue weighted by atomic mass is 16.5. The van der Waals surface area contributed by atoms with Crippen LogP contribution in [-0.2, 0) is 22.4 Å². The Labute approximate surface area is 193 Å². The summed E-state index contributed by atoms with van der Waals surface area (Å²) in [6, 6.07) is 7.19. The number of H-pyrrole nitrogens is 1. The van der Waals surface area contributed by atoms with Crippen LogP contribution in [0.1, 0.15) is 56.8 Å². The van der Waals surface area contributed by atoms with E-state index in [1.807, 2.05) is 37.4 Å². The second kappa shape index (κ2) is 9.35. The Morgan fingerprint density at radius 3 is 2.88 bits per heavy atom. The molecule has 0 spiro atoms. The van der Waals surface area contributed by atoms with Gasteiger partial charge in [0.15, 0.2) is 5.82 Å². The fourth-order valence-corrected chi connectivity index (χ4v) is 4.25. The van der Waals surface area contributed by atoms with E-state index in [0.29, 0.717) is 37.6 Å². The maximum Gasteiger partial charge on any atom is 0.245 e. The van der Waals surface area contributed by atoms with Gasteiger partial charge in [-0.2, -0.15) is 4.98 Å². The van der Waals surface area contributed by atoms with E-state index in [9.17, 15) is 9.59 Å². The zero-order valence-electron chi connectivity index (χ0n) is 19.4. The van der Waals surface area contributed by atoms with Crippen LogP contribution in [0.3, 0.4) is 0 Å². The van der Waals surface area contributed by atoms with Crippen molar-refractivity contribution in [3.05, 3.63) is 47.7 Å². The monoisotopic (exact) mass is 452 g/mol. The Kier molecular flexibility index (Phi) is 6.51. The lowest BCUT2D eigenvalue weighted by atomic mass is 9.95. The fourth-order valence-electron chi connectivity index (χ4n) is 4.25. The Morgan fingerprint density at radius 1 is 1.36 bits per heavy atom. The number of rotatable bonds is 7. The van der Waals surface area contributed by atoms with Crippen molar-refractivity contribution in [2.45, 2.75) is 64.0 Å². The van der Waals surface area contributed by atoms with E-state index >= 15 is 0 Å². The molecule has 3 aromatic rings. The van der Waals surface area contributed by atoms with Crippen molar-refractivity contribution in [2.24, 2.45) is 5.73 Å². The standard InChI is InChI=1S/C24H32N6O3/c1-4-20-28-21(29-33-20)15-8-7-11-30(14-15)22(31)19(27-23(32)24(2,3)25)12-16-13-26-18-10-6-5-9-17(16)18/h5-6,9-10,13,15,19,26H,4,7-8,11-12,14,25H2,1-3H3,(H,27,32)/t15?,19-/m1/s1. The molecule has 4 N–H and O–H groups in total. The third-order valence-electron chi connectivity index (χ3n) is 6.17. The number of carbonyl (C=O) groups is 2. The summed E-state index contributed by atoms with van der Waals surface area (Å²) in [4.78, 5) is 35.9. The second-order valence-electron chi connectivity index (χ2n) is 9.33. The average Bonchev–Trinajstić information content (AvgIpc) is 3.45. The largest absolute Gasteiger partial charge is 0.361 e. The van der Waals surface area contributed by atoms with Gasteiger partial charge in [0, 0.05) is 48.9 Å². The maximum atomic E-state index is 13.7. The van der Waals surface area contributed by atoms with E-state index in [1.165, 1.54) is 0 Å². The highest BCUT2D eigenvalue weighted by Gasteiger charge is 2.34. The molecule has 0 bridgehead atoms. The van der Waals surface area contributed by atoms with Crippen molar-refractivity contribution >= 4 is 22.7 Å². The van der Waals surface area contributed by atoms with Crippen LogP contribution in [0.4, 0.5) is 0 Å². The maximum absolute atomic E-state index is 13.7. The lowest BCUT2D eigenvalue weighted by Crippen LogP contribution is -2.57. The smallest absolute Gasteiger partial charge is 0.245 e. The van der Waals surface area contributed by atoms with Crippen molar-refractivity contribution in [2.75, 3.05) is 13.1 Å². The number of para-hydroxylation sites is 1. The molecule has 2 atom stereocenters. The van der Waals surface area contributed by atoms with Crippen LogP contribution in [0.15, 0.2) is 35.0 Å². The molecule has 1 aromatic carbocycles. The van der Waals surface area contributed by atoms with E-state index in [1.54, 1.807) is 18.7 Å². The van der Waals surface area contributed by atoms with E-state index in [0.717, 1.165) is 29.3 Å². The summed E-state index contributed by atoms with van der Waals surface area (Å²) in [6.45, 7) is 6.35. The molecular formula is C24H32N6O3. The Balaban J connectivity index is 1.56. The van der Waals surface area contributed by atoms with Crippen molar-refractivity contribution in [1.29, 1.82) is 0 Å². The molecule has 0 aliphatic carbocycles. The number of piperidine rings is 1. The molecule has 9 heteroatoms. The predicted molar refractivity (Wildman–Crippen MR) is 124 cm³/mol. The number of amides is 2. The number of nitrogens with two attached hydrogens (primary N) is 1. The number of hydrogen-bond acceptors (Lipinski definition) is 6. The van der Waals surface area contributed by atoms with Crippen molar-refractivity contribution < 1.29 is 14.1 Å². The molecule has 1 fully saturated rings. The molecule has 1 unspecified atom stereocenters. The zero-order chi connectivity index (χ0) is 23.6. The third-order valence-corrected chi connectivity index (χ3v) is 6.17. The van der Waals surface area contributed by atoms with Gasteiger partial charge in [-0.25, -0.2) is 0 Å². The number of fused-ring (bicyclic) bond motifs is 1. The van der Waals surface area contributed by atoms with Gasteiger partial charge in [0.05, 0.1) is 5.54 Å². The van der Waals surface area contributed by atoms with E-state index in [-0.39, 0.29) is 17.7 Å². The first-order valence-corrected chi connectivity index (χ1v) is 11.5. The first-order chi connectivity index (χ1) is 15.8. The van der Waals surface area contributed by atoms with Gasteiger partial charge in [-0.1, -0.05) is 30.3 Å². The van der Waals surface area contributed by atoms with E-state index in [4.69, 9.17) is 10.3 Å². The quantitative estimate of drug-likeness (QED) is 0.504. The van der Waals surface area contributed by atoms with Crippen molar-refractivity contribution in [1.82, 2.24) is 25.3 Å². The first-order valence-electron chi connectivity index (χ1n) is 11.5. The third kappa shape index (κ3) is 5.08. The summed E-state index contributed by atoms with van der Waals surface area (Å²) in [6.07, 6.45) is 4.67. The van der Waals surface area contributed by atoms with Gasteiger partial charge >= 0.3 is 0 Å². The molecule has 3 heterocycles. The molecule has 4 rings (SSSR count). The van der Waals surface area contributed by atoms with Gasteiger partial charge < -0.3 is 25.5 Å². The zero-order valence-corrected chi connectivity index (χ0v) is 19.4. The van der Waals surface area contributed by atoms with Gasteiger partial charge in [-0.15, -0.1) is 0 Å². The van der Waals surface area contributed by atoms with Gasteiger partial charge in [0.1, 0.15) is 6.04 Å². The van der Waals surface area contributed by atoms with Crippen molar-refractivity contribution in [3.63, 3.8) is 0 Å². The molecule has 1 aliphatic heterocycles. The lowest BCUT2D eigenvalue weighted by molar-refractivity contribution is -0.138. The van der Waals surface area contributed by atoms with Crippen LogP contribution < -0.4 is 11.1 Å². The molecule has 2 amide bonds. The molecule has 9 nitrogen and oxygen atoms in total. The van der Waals surface area contributed by atoms with Crippen LogP contribution >= 0.6 is 0 Å². The topological polar surface area (TPSA) is 130 Å². The predicted octanol–water partition coefficient (Wildman–Crippen LogP) is 2.28. The molecule has 0 radical (unpaired) electrons. The number of aryl methyl sites for hydroxylation is 1. The number of likely N-dealkylation sites (tertiary alicyclic amines) is 1. The van der Waals surface area contributed by atoms with E-state index in [2.05, 4.69) is 20.4 Å². The number of benzene rings is 1. The minimum atomic E-state index is -1.09. The first kappa shape index (κ1) is 23.0. The van der Waals surface area contributed by atoms with Gasteiger partial charge in [0.25, 0.3) is 0 Å². The molecule has 1 saturated heterocycles. The van der Waals surface area contributed by atoms with Crippen LogP contribution in [-0.4, -0.2) is 56.5 Å². The normalized spacial score (nSPS) is 17.8. The Bertz CT molecular complexity index is 1130. The number of carbonyl (C=O) groups excluding carboxylic acids is 2. The number of nitrogens with zero attached hydrogens (tertiary/aromatic N) is 3. The van der Waals surface area contributed by atoms with Crippen molar-refractivity contribution in [3.8, 4) is 0 Å². The summed E-state index contributed by atoms with van der Waals surface area (Å²) in [7, 11) is 0. The SMILES string of the molecule is CCc1nc(C2CCCN(C(=O)[C@@H](Cc3c[nH]c4ccccc34)NC(=O)C(C)(C)N)C2)no1. The molecule has 1 aliphatic rings. The molecule has 33 heavy (non-hydrogen) atoms. The summed E-state index contributed by atoms with van der Waals surface area (Å²) >= 11 is 0. The van der Waals surface area contributed by atoms with Gasteiger partial charge in [0.2, 0.25) is 17.7 Å². The van der Waals surface area contributed by atoms with Gasteiger partial charge in [-0.3, -0.25) is 9.59 Å². The number of hydrogen-bond donors (Lipinski definition) is 3. The number of nitrogens with one attached hydrogen (secondary N) is 2. The highest BCUT2D eigenvalue weighted by Crippen LogP contribution is 2.26.